The van der Waals surface area contributed by atoms with Crippen molar-refractivity contribution in [1.29, 1.82) is 0 Å². The molecule has 0 radical (unpaired) electrons. The molecule has 2 aromatic heterocycles. The van der Waals surface area contributed by atoms with Crippen molar-refractivity contribution >= 4 is 22.6 Å². The molecule has 1 saturated heterocycles. The van der Waals surface area contributed by atoms with E-state index in [1.54, 1.807) is 24.0 Å². The highest BCUT2D eigenvalue weighted by atomic mass is 16.5. The summed E-state index contributed by atoms with van der Waals surface area (Å²) in [5.74, 6) is 0.573. The van der Waals surface area contributed by atoms with Gasteiger partial charge in [0.25, 0.3) is 5.91 Å². The summed E-state index contributed by atoms with van der Waals surface area (Å²) in [4.78, 5) is 21.0. The monoisotopic (exact) mass is 352 g/mol. The first-order valence-corrected chi connectivity index (χ1v) is 8.55. The van der Waals surface area contributed by atoms with Crippen LogP contribution in [0.3, 0.4) is 0 Å². The molecule has 2 atom stereocenters. The Morgan fingerprint density at radius 2 is 2.15 bits per heavy atom. The van der Waals surface area contributed by atoms with E-state index in [2.05, 4.69) is 25.7 Å². The van der Waals surface area contributed by atoms with Crippen molar-refractivity contribution < 1.29 is 9.53 Å². The Labute approximate surface area is 150 Å². The molecule has 4 rings (SSSR count). The van der Waals surface area contributed by atoms with Crippen LogP contribution in [0.4, 0.5) is 5.82 Å². The zero-order chi connectivity index (χ0) is 17.9. The number of hydrogen-bond donors (Lipinski definition) is 2. The van der Waals surface area contributed by atoms with Crippen LogP contribution in [0, 0.1) is 0 Å². The van der Waals surface area contributed by atoms with Crippen molar-refractivity contribution in [2.24, 2.45) is 7.05 Å². The fourth-order valence-corrected chi connectivity index (χ4v) is 3.27. The first-order chi connectivity index (χ1) is 12.7. The lowest BCUT2D eigenvalue weighted by Crippen LogP contribution is -2.52. The third-order valence-corrected chi connectivity index (χ3v) is 4.54. The lowest BCUT2D eigenvalue weighted by atomic mass is 10.0. The van der Waals surface area contributed by atoms with Gasteiger partial charge in [-0.1, -0.05) is 18.2 Å². The smallest absolute Gasteiger partial charge is 0.270 e. The lowest BCUT2D eigenvalue weighted by Gasteiger charge is -2.33. The number of benzene rings is 1. The zero-order valence-corrected chi connectivity index (χ0v) is 14.4. The quantitative estimate of drug-likeness (QED) is 0.736. The maximum atomic E-state index is 12.9. The molecule has 2 N–H and O–H groups in total. The molecule has 1 aromatic carbocycles. The Morgan fingerprint density at radius 3 is 3.00 bits per heavy atom. The molecule has 0 bridgehead atoms. The number of anilines is 1. The standard InChI is InChI=1S/C18H20N6O2/c1-24-17(12-4-2-3-5-13(12)23-24)18(25)22-14-7-9-26-10-15(14)21-16-6-8-19-11-20-16/h2-6,8,11,14-15H,7,9-10H2,1H3,(H,22,25)(H,19,20,21)/t14-,15+/m0/s1. The number of carbonyl (C=O) groups excluding carboxylic acids is 1. The average Bonchev–Trinajstić information content (AvgIpc) is 3.00. The largest absolute Gasteiger partial charge is 0.379 e. The Hall–Kier alpha value is -3.00. The molecule has 3 aromatic rings. The number of ether oxygens (including phenoxy) is 1. The summed E-state index contributed by atoms with van der Waals surface area (Å²) in [6.45, 7) is 1.11. The van der Waals surface area contributed by atoms with Gasteiger partial charge in [0, 0.05) is 25.2 Å². The van der Waals surface area contributed by atoms with Crippen LogP contribution in [-0.4, -0.2) is 51.0 Å². The van der Waals surface area contributed by atoms with E-state index >= 15 is 0 Å². The second-order valence-electron chi connectivity index (χ2n) is 6.28. The fraction of sp³-hybridized carbons (Fsp3) is 0.333. The third kappa shape index (κ3) is 3.23. The first-order valence-electron chi connectivity index (χ1n) is 8.55. The molecule has 1 fully saturated rings. The molecule has 3 heterocycles. The van der Waals surface area contributed by atoms with Gasteiger partial charge in [0.15, 0.2) is 0 Å². The Kier molecular flexibility index (Phi) is 4.49. The SMILES string of the molecule is Cn1nc2ccccc2c1C(=O)N[C@H]1CCOC[C@H]1Nc1ccncn1. The lowest BCUT2D eigenvalue weighted by molar-refractivity contribution is 0.0617. The van der Waals surface area contributed by atoms with Crippen LogP contribution in [-0.2, 0) is 11.8 Å². The van der Waals surface area contributed by atoms with E-state index in [4.69, 9.17) is 4.74 Å². The minimum Gasteiger partial charge on any atom is -0.379 e. The summed E-state index contributed by atoms with van der Waals surface area (Å²) in [5.41, 5.74) is 1.37. The molecule has 8 heteroatoms. The van der Waals surface area contributed by atoms with Gasteiger partial charge in [0.1, 0.15) is 17.8 Å². The van der Waals surface area contributed by atoms with Crippen LogP contribution in [0.2, 0.25) is 0 Å². The molecular formula is C18H20N6O2. The Bertz CT molecular complexity index is 910. The molecular weight excluding hydrogens is 332 g/mol. The maximum absolute atomic E-state index is 12.9. The predicted molar refractivity (Wildman–Crippen MR) is 96.8 cm³/mol. The second kappa shape index (κ2) is 7.09. The third-order valence-electron chi connectivity index (χ3n) is 4.54. The second-order valence-corrected chi connectivity index (χ2v) is 6.28. The van der Waals surface area contributed by atoms with Gasteiger partial charge in [-0.05, 0) is 18.6 Å². The molecule has 0 saturated carbocycles. The summed E-state index contributed by atoms with van der Waals surface area (Å²) < 4.78 is 7.21. The number of nitrogens with zero attached hydrogens (tertiary/aromatic N) is 4. The zero-order valence-electron chi connectivity index (χ0n) is 14.4. The highest BCUT2D eigenvalue weighted by Gasteiger charge is 2.29. The molecule has 1 aliphatic rings. The van der Waals surface area contributed by atoms with Crippen LogP contribution < -0.4 is 10.6 Å². The minimum atomic E-state index is -0.136. The number of fused-ring (bicyclic) bond motifs is 1. The number of aryl methyl sites for hydroxylation is 1. The van der Waals surface area contributed by atoms with Crippen LogP contribution in [0.25, 0.3) is 10.9 Å². The molecule has 0 unspecified atom stereocenters. The predicted octanol–water partition coefficient (Wildman–Crippen LogP) is 1.36. The summed E-state index contributed by atoms with van der Waals surface area (Å²) in [7, 11) is 1.79. The molecule has 1 aliphatic heterocycles. The van der Waals surface area contributed by atoms with E-state index in [0.29, 0.717) is 24.7 Å². The summed E-state index contributed by atoms with van der Waals surface area (Å²) in [5, 5.41) is 11.7. The number of hydrogen-bond acceptors (Lipinski definition) is 6. The summed E-state index contributed by atoms with van der Waals surface area (Å²) in [6, 6.07) is 9.30. The van der Waals surface area contributed by atoms with E-state index in [0.717, 1.165) is 17.3 Å². The number of aromatic nitrogens is 4. The highest BCUT2D eigenvalue weighted by molar-refractivity contribution is 6.05. The van der Waals surface area contributed by atoms with Gasteiger partial charge >= 0.3 is 0 Å². The van der Waals surface area contributed by atoms with Gasteiger partial charge in [0.2, 0.25) is 0 Å². The van der Waals surface area contributed by atoms with Crippen molar-refractivity contribution in [2.45, 2.75) is 18.5 Å². The molecule has 26 heavy (non-hydrogen) atoms. The molecule has 0 aliphatic carbocycles. The molecule has 1 amide bonds. The van der Waals surface area contributed by atoms with Gasteiger partial charge in [-0.25, -0.2) is 9.97 Å². The number of carbonyl (C=O) groups is 1. The van der Waals surface area contributed by atoms with Crippen molar-refractivity contribution in [3.05, 3.63) is 48.5 Å². The summed E-state index contributed by atoms with van der Waals surface area (Å²) >= 11 is 0. The van der Waals surface area contributed by atoms with Crippen molar-refractivity contribution in [3.63, 3.8) is 0 Å². The Balaban J connectivity index is 1.54. The van der Waals surface area contributed by atoms with Crippen molar-refractivity contribution in [2.75, 3.05) is 18.5 Å². The van der Waals surface area contributed by atoms with Crippen molar-refractivity contribution in [3.8, 4) is 0 Å². The van der Waals surface area contributed by atoms with Gasteiger partial charge in [0.05, 0.1) is 24.2 Å². The van der Waals surface area contributed by atoms with Crippen LogP contribution in [0.5, 0.6) is 0 Å². The van der Waals surface area contributed by atoms with Crippen LogP contribution in [0.1, 0.15) is 16.9 Å². The molecule has 134 valence electrons. The van der Waals surface area contributed by atoms with Crippen LogP contribution >= 0.6 is 0 Å². The van der Waals surface area contributed by atoms with Gasteiger partial charge in [-0.15, -0.1) is 0 Å². The maximum Gasteiger partial charge on any atom is 0.270 e. The van der Waals surface area contributed by atoms with Crippen molar-refractivity contribution in [1.82, 2.24) is 25.1 Å². The normalized spacial score (nSPS) is 20.0. The van der Waals surface area contributed by atoms with E-state index in [9.17, 15) is 4.79 Å². The minimum absolute atomic E-state index is 0.0675. The molecule has 8 nitrogen and oxygen atoms in total. The van der Waals surface area contributed by atoms with E-state index < -0.39 is 0 Å². The number of nitrogens with one attached hydrogen (secondary N) is 2. The highest BCUT2D eigenvalue weighted by Crippen LogP contribution is 2.19. The van der Waals surface area contributed by atoms with E-state index in [1.807, 2.05) is 24.3 Å². The number of amides is 1. The number of rotatable bonds is 4. The Morgan fingerprint density at radius 1 is 1.27 bits per heavy atom. The average molecular weight is 352 g/mol. The van der Waals surface area contributed by atoms with Crippen LogP contribution in [0.15, 0.2) is 42.9 Å². The van der Waals surface area contributed by atoms with Gasteiger partial charge in [-0.3, -0.25) is 9.48 Å². The summed E-state index contributed by atoms with van der Waals surface area (Å²) in [6.07, 6.45) is 3.89. The van der Waals surface area contributed by atoms with Gasteiger partial charge in [-0.2, -0.15) is 5.10 Å². The molecule has 0 spiro atoms. The topological polar surface area (TPSA) is 94.0 Å². The van der Waals surface area contributed by atoms with E-state index in [1.165, 1.54) is 6.33 Å². The van der Waals surface area contributed by atoms with E-state index in [-0.39, 0.29) is 18.0 Å². The fourth-order valence-electron chi connectivity index (χ4n) is 3.27. The van der Waals surface area contributed by atoms with Gasteiger partial charge < -0.3 is 15.4 Å². The first kappa shape index (κ1) is 16.5.